The Morgan fingerprint density at radius 1 is 1.09 bits per heavy atom. The summed E-state index contributed by atoms with van der Waals surface area (Å²) in [6.07, 6.45) is 5.75. The number of allylic oxidation sites excluding steroid dienone is 2. The molecule has 7 heteroatoms. The van der Waals surface area contributed by atoms with Gasteiger partial charge in [-0.1, -0.05) is 11.6 Å². The number of fused-ring (bicyclic) bond motifs is 2. The molecule has 1 aliphatic rings. The van der Waals surface area contributed by atoms with E-state index in [1.165, 1.54) is 12.1 Å². The third-order valence-electron chi connectivity index (χ3n) is 5.33. The lowest BCUT2D eigenvalue weighted by atomic mass is 9.94. The zero-order valence-electron chi connectivity index (χ0n) is 18.2. The van der Waals surface area contributed by atoms with Crippen LogP contribution in [0.1, 0.15) is 38.8 Å². The van der Waals surface area contributed by atoms with Crippen molar-refractivity contribution in [3.63, 3.8) is 0 Å². The molecule has 4 rings (SSSR count). The van der Waals surface area contributed by atoms with E-state index in [0.717, 1.165) is 11.6 Å². The highest BCUT2D eigenvalue weighted by Gasteiger charge is 2.31. The monoisotopic (exact) mass is 436 g/mol. The second-order valence-electron chi connectivity index (χ2n) is 8.61. The first-order valence-corrected chi connectivity index (χ1v) is 10.1. The van der Waals surface area contributed by atoms with Crippen molar-refractivity contribution in [1.29, 1.82) is 0 Å². The molecule has 2 heterocycles. The summed E-state index contributed by atoms with van der Waals surface area (Å²) >= 11 is 0. The van der Waals surface area contributed by atoms with Gasteiger partial charge in [0.25, 0.3) is 0 Å². The van der Waals surface area contributed by atoms with Crippen LogP contribution in [0.2, 0.25) is 0 Å². The first kappa shape index (κ1) is 21.4. The first-order valence-electron chi connectivity index (χ1n) is 10.1. The Kier molecular flexibility index (Phi) is 4.92. The normalized spacial score (nSPS) is 14.1. The Hall–Kier alpha value is -3.87. The van der Waals surface area contributed by atoms with Crippen LogP contribution in [0.5, 0.6) is 28.7 Å². The zero-order chi connectivity index (χ0) is 23.4. The highest BCUT2D eigenvalue weighted by molar-refractivity contribution is 5.96. The van der Waals surface area contributed by atoms with Gasteiger partial charge in [0.2, 0.25) is 11.2 Å². The maximum atomic E-state index is 13.1. The van der Waals surface area contributed by atoms with Crippen molar-refractivity contribution in [3.05, 3.63) is 57.3 Å². The van der Waals surface area contributed by atoms with Crippen LogP contribution in [-0.2, 0) is 6.42 Å². The molecule has 0 bridgehead atoms. The van der Waals surface area contributed by atoms with Gasteiger partial charge in [0.05, 0.1) is 11.1 Å². The van der Waals surface area contributed by atoms with E-state index in [4.69, 9.17) is 9.15 Å². The predicted octanol–water partition coefficient (Wildman–Crippen LogP) is 4.98. The summed E-state index contributed by atoms with van der Waals surface area (Å²) in [5.74, 6) is -1.57. The van der Waals surface area contributed by atoms with Crippen molar-refractivity contribution in [2.75, 3.05) is 0 Å². The smallest absolute Gasteiger partial charge is 0.238 e. The summed E-state index contributed by atoms with van der Waals surface area (Å²) in [7, 11) is 0. The van der Waals surface area contributed by atoms with Crippen molar-refractivity contribution >= 4 is 17.0 Å². The van der Waals surface area contributed by atoms with E-state index in [-0.39, 0.29) is 39.5 Å². The van der Waals surface area contributed by atoms with Crippen LogP contribution in [0.25, 0.3) is 28.4 Å². The Balaban J connectivity index is 2.14. The van der Waals surface area contributed by atoms with Gasteiger partial charge in [0.1, 0.15) is 39.6 Å². The van der Waals surface area contributed by atoms with E-state index in [1.807, 2.05) is 33.8 Å². The van der Waals surface area contributed by atoms with E-state index in [0.29, 0.717) is 23.3 Å². The van der Waals surface area contributed by atoms with E-state index in [9.17, 15) is 25.2 Å². The third kappa shape index (κ3) is 3.45. The summed E-state index contributed by atoms with van der Waals surface area (Å²) in [4.78, 5) is 13.1. The van der Waals surface area contributed by atoms with Crippen LogP contribution >= 0.6 is 0 Å². The van der Waals surface area contributed by atoms with Gasteiger partial charge in [-0.15, -0.1) is 0 Å². The molecule has 1 aromatic heterocycles. The third-order valence-corrected chi connectivity index (χ3v) is 5.33. The quantitative estimate of drug-likeness (QED) is 0.428. The topological polar surface area (TPSA) is 120 Å². The molecule has 0 radical (unpaired) electrons. The number of aromatic hydroxyl groups is 4. The lowest BCUT2D eigenvalue weighted by Crippen LogP contribution is -2.28. The molecular weight excluding hydrogens is 412 g/mol. The number of ether oxygens (including phenoxy) is 1. The molecule has 32 heavy (non-hydrogen) atoms. The average Bonchev–Trinajstić information content (AvgIpc) is 2.69. The number of rotatable bonds is 3. The molecule has 0 atom stereocenters. The standard InChI is InChI=1S/C25H24O7/c1-12(2)5-7-16-22-15(9-10-25(3,4)32-22)19(28)18-20(29)21(30)24(31-23(16)18)14-8-6-13(26)11-17(14)27/h5-6,8-11,26-28,30H,7H2,1-4H3. The van der Waals surface area contributed by atoms with Crippen LogP contribution < -0.4 is 10.2 Å². The van der Waals surface area contributed by atoms with E-state index < -0.39 is 16.8 Å². The summed E-state index contributed by atoms with van der Waals surface area (Å²) in [6.45, 7) is 7.60. The van der Waals surface area contributed by atoms with Crippen molar-refractivity contribution in [2.45, 2.75) is 39.7 Å². The van der Waals surface area contributed by atoms with E-state index in [1.54, 1.807) is 12.2 Å². The number of phenolic OH excluding ortho intramolecular Hbond substituents is 3. The van der Waals surface area contributed by atoms with Gasteiger partial charge in [-0.05, 0) is 58.4 Å². The van der Waals surface area contributed by atoms with Crippen molar-refractivity contribution < 1.29 is 29.6 Å². The molecule has 0 fully saturated rings. The highest BCUT2D eigenvalue weighted by atomic mass is 16.5. The molecule has 3 aromatic rings. The van der Waals surface area contributed by atoms with Gasteiger partial charge in [-0.3, -0.25) is 4.79 Å². The average molecular weight is 436 g/mol. The maximum absolute atomic E-state index is 13.1. The molecule has 1 aliphatic heterocycles. The van der Waals surface area contributed by atoms with Gasteiger partial charge in [0.15, 0.2) is 5.76 Å². The van der Waals surface area contributed by atoms with Gasteiger partial charge in [0, 0.05) is 11.6 Å². The molecule has 166 valence electrons. The van der Waals surface area contributed by atoms with Crippen molar-refractivity contribution in [3.8, 4) is 40.1 Å². The Labute approximate surface area is 184 Å². The number of phenols is 3. The molecule has 7 nitrogen and oxygen atoms in total. The molecule has 0 amide bonds. The minimum Gasteiger partial charge on any atom is -0.508 e. The molecule has 0 aliphatic carbocycles. The highest BCUT2D eigenvalue weighted by Crippen LogP contribution is 2.47. The van der Waals surface area contributed by atoms with Gasteiger partial charge in [-0.25, -0.2) is 0 Å². The number of hydrogen-bond acceptors (Lipinski definition) is 7. The Morgan fingerprint density at radius 2 is 1.81 bits per heavy atom. The summed E-state index contributed by atoms with van der Waals surface area (Å²) in [5.41, 5.74) is 0.473. The van der Waals surface area contributed by atoms with E-state index in [2.05, 4.69) is 0 Å². The second-order valence-corrected chi connectivity index (χ2v) is 8.61. The van der Waals surface area contributed by atoms with Crippen LogP contribution in [0.15, 0.2) is 45.1 Å². The second kappa shape index (κ2) is 7.37. The van der Waals surface area contributed by atoms with Crippen LogP contribution in [0, 0.1) is 0 Å². The molecule has 0 saturated heterocycles. The first-order chi connectivity index (χ1) is 15.0. The molecular formula is C25H24O7. The van der Waals surface area contributed by atoms with Gasteiger partial charge < -0.3 is 29.6 Å². The molecule has 0 spiro atoms. The number of benzene rings is 2. The molecule has 0 unspecified atom stereocenters. The number of hydrogen-bond donors (Lipinski definition) is 4. The summed E-state index contributed by atoms with van der Waals surface area (Å²) in [5, 5.41) is 41.2. The maximum Gasteiger partial charge on any atom is 0.238 e. The zero-order valence-corrected chi connectivity index (χ0v) is 18.2. The van der Waals surface area contributed by atoms with Gasteiger partial charge in [-0.2, -0.15) is 0 Å². The lowest BCUT2D eigenvalue weighted by Gasteiger charge is -2.30. The van der Waals surface area contributed by atoms with Gasteiger partial charge >= 0.3 is 0 Å². The Bertz CT molecular complexity index is 1370. The fourth-order valence-corrected chi connectivity index (χ4v) is 3.70. The Morgan fingerprint density at radius 3 is 2.47 bits per heavy atom. The van der Waals surface area contributed by atoms with Crippen LogP contribution in [0.3, 0.4) is 0 Å². The SMILES string of the molecule is CC(C)=CCc1c2c(c(O)c3c(=O)c(O)c(-c4ccc(O)cc4O)oc13)C=CC(C)(C)O2. The van der Waals surface area contributed by atoms with E-state index >= 15 is 0 Å². The predicted molar refractivity (Wildman–Crippen MR) is 121 cm³/mol. The van der Waals surface area contributed by atoms with Crippen molar-refractivity contribution in [1.82, 2.24) is 0 Å². The fourth-order valence-electron chi connectivity index (χ4n) is 3.70. The molecule has 4 N–H and O–H groups in total. The van der Waals surface area contributed by atoms with Crippen LogP contribution in [-0.4, -0.2) is 26.0 Å². The van der Waals surface area contributed by atoms with Crippen molar-refractivity contribution in [2.24, 2.45) is 0 Å². The summed E-state index contributed by atoms with van der Waals surface area (Å²) in [6, 6.07) is 3.69. The lowest BCUT2D eigenvalue weighted by molar-refractivity contribution is 0.157. The molecule has 2 aromatic carbocycles. The summed E-state index contributed by atoms with van der Waals surface area (Å²) < 4.78 is 12.1. The largest absolute Gasteiger partial charge is 0.508 e. The fraction of sp³-hybridized carbons (Fsp3) is 0.240. The molecule has 0 saturated carbocycles. The minimum absolute atomic E-state index is 0.0193. The van der Waals surface area contributed by atoms with Crippen LogP contribution in [0.4, 0.5) is 0 Å². The minimum atomic E-state index is -0.842.